The normalized spacial score (nSPS) is 21.4. The molecule has 0 bridgehead atoms. The summed E-state index contributed by atoms with van der Waals surface area (Å²) >= 11 is 0. The molecule has 2 aliphatic carbocycles. The Balaban J connectivity index is 0.000000269. The maximum absolute atomic E-state index is 14.5. The first-order valence-electron chi connectivity index (χ1n) is 35.1. The molecule has 4 heterocycles. The number of hydrogen-bond donors (Lipinski definition) is 6. The standard InChI is InChI=1S/C38H50N4O6.C38H48N4O6.CH5N.CH4/c2*1-5-12-28(33(45)32(44)19-25-17-18-25)20-31(43)30-22-38(21-29(41-48-38)27-15-10-7-11-16-27)24-42(30)35(46)34(37(2,3)4)40-36(47)39-23-26-13-8-6-9-14-26;1-2;/h6-11,13-16,25,28,30,33-34,45H,5,12,17-24H2,1-4H3,(H2,39,40,47);6-11,13-16,25,28,30,34H,5,12,17-24H2,1-4H3,(H2,39,40,47);2H2,1H3;1H4/t28-,30+,33?,34-,38-;28-,30+,34-,38-;;/m11../s1. The highest BCUT2D eigenvalue weighted by atomic mass is 16.7. The van der Waals surface area contributed by atoms with Gasteiger partial charge in [0, 0.05) is 70.4 Å². The fourth-order valence-corrected chi connectivity index (χ4v) is 13.6. The van der Waals surface area contributed by atoms with E-state index >= 15 is 0 Å². The van der Waals surface area contributed by atoms with Crippen molar-refractivity contribution in [3.63, 3.8) is 0 Å². The topological polar surface area (TPSA) is 298 Å². The Kier molecular flexibility index (Phi) is 27.6. The third-order valence-corrected chi connectivity index (χ3v) is 19.4. The highest BCUT2D eigenvalue weighted by molar-refractivity contribution is 6.38. The Morgan fingerprint density at radius 1 is 0.566 bits per heavy atom. The summed E-state index contributed by atoms with van der Waals surface area (Å²) in [7, 11) is 1.50. The summed E-state index contributed by atoms with van der Waals surface area (Å²) < 4.78 is 0. The van der Waals surface area contributed by atoms with Gasteiger partial charge in [-0.1, -0.05) is 207 Å². The van der Waals surface area contributed by atoms with Crippen LogP contribution >= 0.6 is 0 Å². The monoisotopic (exact) mass is 1360 g/mol. The van der Waals surface area contributed by atoms with Crippen molar-refractivity contribution >= 4 is 64.2 Å². The van der Waals surface area contributed by atoms with Gasteiger partial charge in [0.1, 0.15) is 18.2 Å². The molecule has 6 amide bonds. The van der Waals surface area contributed by atoms with Crippen molar-refractivity contribution in [2.24, 2.45) is 50.5 Å². The second kappa shape index (κ2) is 35.1. The summed E-state index contributed by atoms with van der Waals surface area (Å²) in [5, 5.41) is 31.3. The first-order valence-corrected chi connectivity index (χ1v) is 35.1. The molecule has 9 atom stereocenters. The van der Waals surface area contributed by atoms with E-state index in [1.807, 2.05) is 177 Å². The van der Waals surface area contributed by atoms with Crippen LogP contribution in [0.1, 0.15) is 188 Å². The largest absolute Gasteiger partial charge is 0.387 e. The van der Waals surface area contributed by atoms with Crippen molar-refractivity contribution in [2.75, 3.05) is 20.1 Å². The minimum absolute atomic E-state index is 0. The molecule has 536 valence electrons. The van der Waals surface area contributed by atoms with Crippen LogP contribution in [0.2, 0.25) is 0 Å². The zero-order valence-corrected chi connectivity index (χ0v) is 58.7. The van der Waals surface area contributed by atoms with Gasteiger partial charge in [0.2, 0.25) is 17.6 Å². The summed E-state index contributed by atoms with van der Waals surface area (Å²) in [6, 6.07) is 33.6. The molecule has 10 rings (SSSR count). The first kappa shape index (κ1) is 77.9. The van der Waals surface area contributed by atoms with Gasteiger partial charge in [-0.2, -0.15) is 0 Å². The van der Waals surface area contributed by atoms with Gasteiger partial charge in [0.25, 0.3) is 0 Å². The smallest absolute Gasteiger partial charge is 0.315 e. The van der Waals surface area contributed by atoms with Gasteiger partial charge in [-0.05, 0) is 96.4 Å². The predicted octanol–water partition coefficient (Wildman–Crippen LogP) is 10.8. The number of Topliss-reactive ketones (excluding diaryl/α,β-unsaturated/α-hetero) is 5. The summed E-state index contributed by atoms with van der Waals surface area (Å²) in [5.41, 5.74) is 6.36. The number of ketones is 5. The average Bonchev–Trinajstić information content (AvgIpc) is 1.61. The third-order valence-electron chi connectivity index (χ3n) is 19.4. The average molecular weight is 1360 g/mol. The molecule has 1 unspecified atom stereocenters. The molecule has 4 aromatic rings. The lowest BCUT2D eigenvalue weighted by Gasteiger charge is -2.35. The van der Waals surface area contributed by atoms with Gasteiger partial charge in [0.15, 0.2) is 34.3 Å². The van der Waals surface area contributed by atoms with Crippen LogP contribution in [-0.4, -0.2) is 141 Å². The van der Waals surface area contributed by atoms with Crippen LogP contribution < -0.4 is 27.0 Å². The fourth-order valence-electron chi connectivity index (χ4n) is 13.6. The number of nitrogens with zero attached hydrogens (tertiary/aromatic N) is 4. The summed E-state index contributed by atoms with van der Waals surface area (Å²) in [5.74, 6) is -3.08. The summed E-state index contributed by atoms with van der Waals surface area (Å²) in [6.07, 6.45) is 6.59. The molecule has 6 aliphatic rings. The molecule has 2 saturated carbocycles. The number of oxime groups is 2. The highest BCUT2D eigenvalue weighted by Gasteiger charge is 2.57. The Morgan fingerprint density at radius 2 is 0.949 bits per heavy atom. The van der Waals surface area contributed by atoms with Crippen LogP contribution in [0, 0.1) is 34.5 Å². The van der Waals surface area contributed by atoms with Crippen LogP contribution in [0.25, 0.3) is 0 Å². The molecule has 2 spiro atoms. The van der Waals surface area contributed by atoms with Gasteiger partial charge in [-0.15, -0.1) is 0 Å². The van der Waals surface area contributed by atoms with Crippen molar-refractivity contribution in [1.82, 2.24) is 31.1 Å². The first-order chi connectivity index (χ1) is 46.8. The Labute approximate surface area is 585 Å². The van der Waals surface area contributed by atoms with Crippen LogP contribution in [0.15, 0.2) is 132 Å². The summed E-state index contributed by atoms with van der Waals surface area (Å²) in [6.45, 7) is 15.9. The lowest BCUT2D eigenvalue weighted by Crippen LogP contribution is -2.58. The number of carbonyl (C=O) groups excluding carboxylic acids is 9. The lowest BCUT2D eigenvalue weighted by molar-refractivity contribution is -0.143. The van der Waals surface area contributed by atoms with Crippen LogP contribution in [0.5, 0.6) is 0 Å². The van der Waals surface area contributed by atoms with E-state index < -0.39 is 93.7 Å². The molecule has 99 heavy (non-hydrogen) atoms. The molecule has 0 aromatic heterocycles. The maximum Gasteiger partial charge on any atom is 0.315 e. The van der Waals surface area contributed by atoms with Crippen LogP contribution in [-0.2, 0) is 56.3 Å². The van der Waals surface area contributed by atoms with Crippen LogP contribution in [0.3, 0.4) is 0 Å². The van der Waals surface area contributed by atoms with Crippen LogP contribution in [0.4, 0.5) is 9.59 Å². The lowest BCUT2D eigenvalue weighted by atomic mass is 9.84. The number of hydrogen-bond acceptors (Lipinski definition) is 15. The molecule has 21 nitrogen and oxygen atoms in total. The Morgan fingerprint density at radius 3 is 1.33 bits per heavy atom. The minimum atomic E-state index is -1.22. The number of aliphatic hydroxyl groups is 1. The number of likely N-dealkylation sites (tertiary alicyclic amines) is 2. The number of nitrogens with one attached hydrogen (secondary N) is 4. The molecule has 4 aliphatic heterocycles. The second-order valence-corrected chi connectivity index (χ2v) is 29.7. The van der Waals surface area contributed by atoms with E-state index in [4.69, 9.17) is 9.68 Å². The van der Waals surface area contributed by atoms with Crippen molar-refractivity contribution < 1.29 is 57.9 Å². The number of rotatable bonds is 28. The number of nitrogens with two attached hydrogens (primary N) is 1. The number of benzene rings is 4. The van der Waals surface area contributed by atoms with E-state index in [0.717, 1.165) is 59.4 Å². The molecular formula is C78H107N9O12. The third kappa shape index (κ3) is 21.3. The number of aliphatic hydroxyl groups excluding tert-OH is 1. The maximum atomic E-state index is 14.5. The van der Waals surface area contributed by atoms with E-state index in [-0.39, 0.29) is 88.3 Å². The van der Waals surface area contributed by atoms with E-state index in [0.29, 0.717) is 57.4 Å². The molecule has 4 fully saturated rings. The SMILES string of the molecule is C.CCC[C@H](CC(=O)[C@@H]1C[C@]2(CC(c3ccccc3)=NO2)CN1C(=O)[C@@H](NC(=O)NCc1ccccc1)C(C)(C)C)C(=O)C(=O)CC1CC1.CCC[C@H](CC(=O)[C@@H]1C[C@]2(CC(c3ccccc3)=NO2)CN1C(=O)[C@@H](NC(=O)NCc1ccccc1)C(C)(C)C)C(O)C(=O)CC1CC1.CN. The number of carbonyl (C=O) groups is 9. The second-order valence-electron chi connectivity index (χ2n) is 29.7. The molecule has 7 N–H and O–H groups in total. The zero-order chi connectivity index (χ0) is 71.0. The van der Waals surface area contributed by atoms with E-state index in [9.17, 15) is 48.3 Å². The molecule has 0 radical (unpaired) electrons. The molecular weight excluding hydrogens is 1250 g/mol. The van der Waals surface area contributed by atoms with Crippen molar-refractivity contribution in [2.45, 2.75) is 220 Å². The zero-order valence-electron chi connectivity index (χ0n) is 58.7. The fraction of sp³-hybridized carbons (Fsp3) is 0.551. The molecule has 2 saturated heterocycles. The molecule has 21 heteroatoms. The van der Waals surface area contributed by atoms with Gasteiger partial charge in [0.05, 0.1) is 36.6 Å². The summed E-state index contributed by atoms with van der Waals surface area (Å²) in [4.78, 5) is 138. The molecule has 4 aromatic carbocycles. The number of amides is 6. The Hall–Kier alpha value is -8.43. The van der Waals surface area contributed by atoms with E-state index in [2.05, 4.69) is 37.3 Å². The van der Waals surface area contributed by atoms with Gasteiger partial charge in [-0.3, -0.25) is 33.6 Å². The Bertz CT molecular complexity index is 3480. The van der Waals surface area contributed by atoms with Gasteiger partial charge < -0.3 is 51.6 Å². The van der Waals surface area contributed by atoms with Gasteiger partial charge in [-0.25, -0.2) is 9.59 Å². The van der Waals surface area contributed by atoms with Gasteiger partial charge >= 0.3 is 12.1 Å². The predicted molar refractivity (Wildman–Crippen MR) is 382 cm³/mol. The minimum Gasteiger partial charge on any atom is -0.387 e. The highest BCUT2D eigenvalue weighted by Crippen LogP contribution is 2.44. The van der Waals surface area contributed by atoms with E-state index in [1.54, 1.807) is 4.90 Å². The van der Waals surface area contributed by atoms with Crippen molar-refractivity contribution in [3.05, 3.63) is 144 Å². The van der Waals surface area contributed by atoms with Crippen molar-refractivity contribution in [1.29, 1.82) is 0 Å². The van der Waals surface area contributed by atoms with E-state index in [1.165, 1.54) is 11.9 Å². The van der Waals surface area contributed by atoms with Crippen molar-refractivity contribution in [3.8, 4) is 0 Å². The quantitative estimate of drug-likeness (QED) is 0.0289. The number of urea groups is 2.